The largest absolute Gasteiger partial charge is 0.444 e. The summed E-state index contributed by atoms with van der Waals surface area (Å²) < 4.78 is 55.4. The third-order valence-electron chi connectivity index (χ3n) is 11.7. The maximum Gasteiger partial charge on any atom is 0.410 e. The molecule has 2 aromatic carbocycles. The highest BCUT2D eigenvalue weighted by molar-refractivity contribution is 7.93. The van der Waals surface area contributed by atoms with E-state index in [1.807, 2.05) is 45.9 Å². The Morgan fingerprint density at radius 2 is 1.75 bits per heavy atom. The fourth-order valence-corrected chi connectivity index (χ4v) is 9.99. The van der Waals surface area contributed by atoms with Crippen LogP contribution in [0.5, 0.6) is 0 Å². The van der Waals surface area contributed by atoms with Crippen molar-refractivity contribution in [1.29, 1.82) is 0 Å². The number of aromatic nitrogens is 5. The molecule has 0 unspecified atom stereocenters. The number of unbranched alkanes of at least 4 members (excludes halogenated alkanes) is 1. The number of fused-ring (bicyclic) bond motifs is 1. The van der Waals surface area contributed by atoms with Gasteiger partial charge in [-0.3, -0.25) is 14.2 Å². The third-order valence-corrected chi connectivity index (χ3v) is 13.5. The SMILES string of the molecule is CCCCc1nc2c(c(C(=O)N3CC4(CCN(C(=O)OC(C)(C)C)C4)C3)nn2C)c(=O)n1Cc1ccc(-c2ccccc2S(=O)(=O)N(COC)c2noc(C)c2C)c(COCC)c1. The standard InChI is InChI=1S/C45H58N8O9S/c1-10-12-17-36-46-40-37(38(47-49(40)8)42(55)51-26-45(27-51)20-21-50(25-45)43(56)61-44(5,6)7)41(54)52(36)23-31-18-19-33(32(22-31)24-60-11-2)34-15-13-14-16-35(34)63(57,58)53(28-59-9)39-29(3)30(4)62-48-39/h13-16,18-19,22H,10-12,17,20-21,23-28H2,1-9H3. The van der Waals surface area contributed by atoms with E-state index in [2.05, 4.69) is 17.2 Å². The van der Waals surface area contributed by atoms with Crippen molar-refractivity contribution in [3.63, 3.8) is 0 Å². The molecule has 2 aliphatic rings. The molecular weight excluding hydrogens is 829 g/mol. The molecule has 0 saturated carbocycles. The van der Waals surface area contributed by atoms with Crippen molar-refractivity contribution in [3.05, 3.63) is 86.8 Å². The van der Waals surface area contributed by atoms with Gasteiger partial charge in [0.15, 0.2) is 17.2 Å². The zero-order chi connectivity index (χ0) is 45.4. The van der Waals surface area contributed by atoms with E-state index in [0.29, 0.717) is 78.7 Å². The predicted molar refractivity (Wildman–Crippen MR) is 236 cm³/mol. The van der Waals surface area contributed by atoms with Crippen LogP contribution < -0.4 is 9.86 Å². The van der Waals surface area contributed by atoms with E-state index < -0.39 is 15.6 Å². The number of carbonyl (C=O) groups is 2. The monoisotopic (exact) mass is 886 g/mol. The first-order chi connectivity index (χ1) is 29.9. The fourth-order valence-electron chi connectivity index (χ4n) is 8.40. The van der Waals surface area contributed by atoms with Crippen LogP contribution in [0.15, 0.2) is 56.7 Å². The van der Waals surface area contributed by atoms with Gasteiger partial charge in [-0.05, 0) is 77.1 Å². The van der Waals surface area contributed by atoms with E-state index >= 15 is 0 Å². The molecule has 0 N–H and O–H groups in total. The summed E-state index contributed by atoms with van der Waals surface area (Å²) in [6.45, 7) is 15.2. The molecule has 2 saturated heterocycles. The summed E-state index contributed by atoms with van der Waals surface area (Å²) in [5.74, 6) is 0.834. The summed E-state index contributed by atoms with van der Waals surface area (Å²) in [6, 6.07) is 12.4. The molecular formula is C45H58N8O9S. The van der Waals surface area contributed by atoms with Gasteiger partial charge in [0.05, 0.1) is 18.0 Å². The number of benzene rings is 2. The van der Waals surface area contributed by atoms with Crippen LogP contribution in [-0.2, 0) is 50.9 Å². The molecule has 7 rings (SSSR count). The Morgan fingerprint density at radius 3 is 2.41 bits per heavy atom. The van der Waals surface area contributed by atoms with Gasteiger partial charge in [-0.15, -0.1) is 0 Å². The van der Waals surface area contributed by atoms with E-state index in [0.717, 1.165) is 29.1 Å². The quantitative estimate of drug-likeness (QED) is 0.109. The molecule has 3 aromatic heterocycles. The lowest BCUT2D eigenvalue weighted by Gasteiger charge is -2.47. The van der Waals surface area contributed by atoms with Crippen molar-refractivity contribution in [2.45, 2.75) is 97.8 Å². The van der Waals surface area contributed by atoms with Crippen LogP contribution >= 0.6 is 0 Å². The second-order valence-corrected chi connectivity index (χ2v) is 19.4. The van der Waals surface area contributed by atoms with Crippen molar-refractivity contribution in [1.82, 2.24) is 34.3 Å². The number of sulfonamides is 1. The zero-order valence-corrected chi connectivity index (χ0v) is 38.5. The Morgan fingerprint density at radius 1 is 1.02 bits per heavy atom. The minimum atomic E-state index is -4.24. The molecule has 0 aliphatic carbocycles. The van der Waals surface area contributed by atoms with E-state index in [1.54, 1.807) is 59.5 Å². The van der Waals surface area contributed by atoms with Gasteiger partial charge < -0.3 is 28.5 Å². The lowest BCUT2D eigenvalue weighted by atomic mass is 9.79. The molecule has 338 valence electrons. The van der Waals surface area contributed by atoms with Gasteiger partial charge in [-0.25, -0.2) is 27.2 Å². The highest BCUT2D eigenvalue weighted by Crippen LogP contribution is 2.41. The molecule has 63 heavy (non-hydrogen) atoms. The molecule has 2 fully saturated rings. The van der Waals surface area contributed by atoms with E-state index in [-0.39, 0.29) is 64.7 Å². The van der Waals surface area contributed by atoms with E-state index in [4.69, 9.17) is 23.7 Å². The summed E-state index contributed by atoms with van der Waals surface area (Å²) in [4.78, 5) is 50.1. The Bertz CT molecular complexity index is 2690. The predicted octanol–water partition coefficient (Wildman–Crippen LogP) is 6.21. The second-order valence-electron chi connectivity index (χ2n) is 17.6. The molecule has 0 radical (unpaired) electrons. The van der Waals surface area contributed by atoms with Crippen molar-refractivity contribution in [3.8, 4) is 11.1 Å². The fraction of sp³-hybridized carbons (Fsp3) is 0.511. The van der Waals surface area contributed by atoms with Crippen molar-refractivity contribution in [2.24, 2.45) is 12.5 Å². The number of aryl methyl sites for hydroxylation is 3. The van der Waals surface area contributed by atoms with Crippen molar-refractivity contribution < 1.29 is 36.7 Å². The first-order valence-corrected chi connectivity index (χ1v) is 22.8. The Kier molecular flexibility index (Phi) is 12.9. The molecule has 5 aromatic rings. The second kappa shape index (κ2) is 17.9. The van der Waals surface area contributed by atoms with Crippen LogP contribution in [0.4, 0.5) is 10.6 Å². The Balaban J connectivity index is 1.22. The summed E-state index contributed by atoms with van der Waals surface area (Å²) in [5.41, 5.74) is 2.27. The van der Waals surface area contributed by atoms with Gasteiger partial charge >= 0.3 is 6.09 Å². The highest BCUT2D eigenvalue weighted by Gasteiger charge is 2.51. The van der Waals surface area contributed by atoms with Crippen LogP contribution in [0.2, 0.25) is 0 Å². The van der Waals surface area contributed by atoms with Crippen LogP contribution in [0.25, 0.3) is 22.2 Å². The number of anilines is 1. The number of amides is 2. The van der Waals surface area contributed by atoms with Gasteiger partial charge in [-0.1, -0.05) is 54.9 Å². The molecule has 2 aliphatic heterocycles. The first-order valence-electron chi connectivity index (χ1n) is 21.4. The topological polar surface area (TPSA) is 184 Å². The highest BCUT2D eigenvalue weighted by atomic mass is 32.2. The molecule has 0 atom stereocenters. The summed E-state index contributed by atoms with van der Waals surface area (Å²) in [6.07, 6.45) is 2.56. The van der Waals surface area contributed by atoms with Crippen LogP contribution in [-0.4, -0.2) is 107 Å². The van der Waals surface area contributed by atoms with E-state index in [9.17, 15) is 22.8 Å². The number of hydrogen-bond acceptors (Lipinski definition) is 12. The van der Waals surface area contributed by atoms with Crippen molar-refractivity contribution >= 4 is 38.9 Å². The molecule has 2 amide bonds. The maximum atomic E-state index is 14.7. The lowest BCUT2D eigenvalue weighted by Crippen LogP contribution is -2.59. The van der Waals surface area contributed by atoms with Crippen LogP contribution in [0, 0.1) is 19.3 Å². The molecule has 5 heterocycles. The number of likely N-dealkylation sites (tertiary alicyclic amines) is 2. The number of rotatable bonds is 15. The normalized spacial score (nSPS) is 15.1. The average Bonchev–Trinajstić information content (AvgIpc) is 3.93. The zero-order valence-electron chi connectivity index (χ0n) is 37.7. The van der Waals surface area contributed by atoms with Gasteiger partial charge in [0.25, 0.3) is 21.5 Å². The lowest BCUT2D eigenvalue weighted by molar-refractivity contribution is 0.00281. The van der Waals surface area contributed by atoms with Gasteiger partial charge in [0, 0.05) is 69.9 Å². The minimum absolute atomic E-state index is 0.0375. The Labute approximate surface area is 367 Å². The minimum Gasteiger partial charge on any atom is -0.444 e. The third kappa shape index (κ3) is 8.97. The number of carbonyl (C=O) groups excluding carboxylic acids is 2. The molecule has 0 bridgehead atoms. The summed E-state index contributed by atoms with van der Waals surface area (Å²) >= 11 is 0. The van der Waals surface area contributed by atoms with Gasteiger partial charge in [-0.2, -0.15) is 5.10 Å². The average molecular weight is 887 g/mol. The molecule has 1 spiro atoms. The number of methoxy groups -OCH3 is 1. The number of nitrogens with zero attached hydrogens (tertiary/aromatic N) is 8. The smallest absolute Gasteiger partial charge is 0.410 e. The first kappa shape index (κ1) is 45.4. The Hall–Kier alpha value is -5.59. The number of hydrogen-bond donors (Lipinski definition) is 0. The molecule has 18 heteroatoms. The maximum absolute atomic E-state index is 14.7. The van der Waals surface area contributed by atoms with Crippen molar-refractivity contribution in [2.75, 3.05) is 50.9 Å². The van der Waals surface area contributed by atoms with Crippen LogP contribution in [0.1, 0.15) is 92.6 Å². The van der Waals surface area contributed by atoms with Crippen LogP contribution in [0.3, 0.4) is 0 Å². The molecule has 17 nitrogen and oxygen atoms in total. The van der Waals surface area contributed by atoms with Gasteiger partial charge in [0.1, 0.15) is 29.3 Å². The number of ether oxygens (including phenoxy) is 3. The summed E-state index contributed by atoms with van der Waals surface area (Å²) in [7, 11) is -1.14. The summed E-state index contributed by atoms with van der Waals surface area (Å²) in [5, 5.41) is 8.77. The van der Waals surface area contributed by atoms with E-state index in [1.165, 1.54) is 11.8 Å². The van der Waals surface area contributed by atoms with Gasteiger partial charge in [0.2, 0.25) is 0 Å².